The predicted molar refractivity (Wildman–Crippen MR) is 83.1 cm³/mol. The highest BCUT2D eigenvalue weighted by Crippen LogP contribution is 2.20. The smallest absolute Gasteiger partial charge is 0.492 e. The van der Waals surface area contributed by atoms with E-state index in [1.807, 2.05) is 38.1 Å². The van der Waals surface area contributed by atoms with E-state index in [4.69, 9.17) is 9.47 Å². The van der Waals surface area contributed by atoms with Crippen molar-refractivity contribution in [1.82, 2.24) is 0 Å². The van der Waals surface area contributed by atoms with Gasteiger partial charge in [-0.05, 0) is 42.7 Å². The first-order valence-electron chi connectivity index (χ1n) is 6.74. The Balaban J connectivity index is 2.16. The maximum atomic E-state index is 9.36. The zero-order valence-corrected chi connectivity index (χ0v) is 12.5. The summed E-state index contributed by atoms with van der Waals surface area (Å²) >= 11 is 0. The van der Waals surface area contributed by atoms with Gasteiger partial charge in [0.25, 0.3) is 0 Å². The van der Waals surface area contributed by atoms with Crippen LogP contribution in [-0.4, -0.2) is 24.3 Å². The van der Waals surface area contributed by atoms with Crippen LogP contribution < -0.4 is 14.9 Å². The molecule has 21 heavy (non-hydrogen) atoms. The second-order valence-electron chi connectivity index (χ2n) is 5.01. The van der Waals surface area contributed by atoms with Crippen molar-refractivity contribution in [2.24, 2.45) is 0 Å². The van der Waals surface area contributed by atoms with Crippen LogP contribution in [0.1, 0.15) is 16.7 Å². The molecule has 0 spiro atoms. The van der Waals surface area contributed by atoms with E-state index in [0.29, 0.717) is 17.8 Å². The maximum Gasteiger partial charge on any atom is 0.492 e. The molecule has 0 saturated carbocycles. The first-order chi connectivity index (χ1) is 10.0. The second kappa shape index (κ2) is 6.65. The van der Waals surface area contributed by atoms with Gasteiger partial charge in [0.05, 0.1) is 7.11 Å². The number of aryl methyl sites for hydroxylation is 2. The monoisotopic (exact) mass is 286 g/mol. The minimum absolute atomic E-state index is 0.333. The van der Waals surface area contributed by atoms with Crippen molar-refractivity contribution in [3.8, 4) is 11.5 Å². The average molecular weight is 286 g/mol. The summed E-state index contributed by atoms with van der Waals surface area (Å²) in [5.74, 6) is 1.28. The molecule has 0 radical (unpaired) electrons. The van der Waals surface area contributed by atoms with Crippen LogP contribution in [0.3, 0.4) is 0 Å². The number of rotatable bonds is 5. The molecule has 0 bridgehead atoms. The molecule has 0 saturated heterocycles. The molecule has 0 aliphatic heterocycles. The summed E-state index contributed by atoms with van der Waals surface area (Å²) in [4.78, 5) is 0. The Morgan fingerprint density at radius 3 is 2.43 bits per heavy atom. The minimum Gasteiger partial charge on any atom is -0.497 e. The number of methoxy groups -OCH3 is 1. The zero-order valence-electron chi connectivity index (χ0n) is 12.5. The van der Waals surface area contributed by atoms with Gasteiger partial charge in [-0.3, -0.25) is 0 Å². The third kappa shape index (κ3) is 3.77. The highest BCUT2D eigenvalue weighted by molar-refractivity contribution is 6.59. The number of hydrogen-bond donors (Lipinski definition) is 2. The van der Waals surface area contributed by atoms with Crippen molar-refractivity contribution in [1.29, 1.82) is 0 Å². The van der Waals surface area contributed by atoms with Gasteiger partial charge in [0, 0.05) is 5.46 Å². The van der Waals surface area contributed by atoms with E-state index in [0.717, 1.165) is 22.4 Å². The topological polar surface area (TPSA) is 58.9 Å². The molecule has 2 aromatic rings. The van der Waals surface area contributed by atoms with Crippen LogP contribution in [0.5, 0.6) is 11.5 Å². The SMILES string of the molecule is COc1ccc(COc2cc(C)ccc2C)cc1B(O)O. The predicted octanol–water partition coefficient (Wildman–Crippen LogP) is 1.57. The third-order valence-electron chi connectivity index (χ3n) is 3.31. The zero-order chi connectivity index (χ0) is 15.4. The molecule has 2 rings (SSSR count). The van der Waals surface area contributed by atoms with Gasteiger partial charge < -0.3 is 19.5 Å². The maximum absolute atomic E-state index is 9.36. The molecule has 0 heterocycles. The highest BCUT2D eigenvalue weighted by atomic mass is 16.5. The fraction of sp³-hybridized carbons (Fsp3) is 0.250. The molecule has 0 aliphatic carbocycles. The van der Waals surface area contributed by atoms with Gasteiger partial charge in [-0.2, -0.15) is 0 Å². The molecular formula is C16H19BO4. The van der Waals surface area contributed by atoms with Gasteiger partial charge >= 0.3 is 7.12 Å². The Labute approximate surface area is 125 Å². The third-order valence-corrected chi connectivity index (χ3v) is 3.31. The van der Waals surface area contributed by atoms with Crippen LogP contribution in [0.2, 0.25) is 0 Å². The first kappa shape index (κ1) is 15.4. The molecule has 4 nitrogen and oxygen atoms in total. The van der Waals surface area contributed by atoms with Crippen LogP contribution in [0.25, 0.3) is 0 Å². The van der Waals surface area contributed by atoms with Gasteiger partial charge in [-0.25, -0.2) is 0 Å². The minimum atomic E-state index is -1.57. The Kier molecular flexibility index (Phi) is 4.88. The van der Waals surface area contributed by atoms with Crippen LogP contribution in [0, 0.1) is 13.8 Å². The van der Waals surface area contributed by atoms with Crippen LogP contribution >= 0.6 is 0 Å². The second-order valence-corrected chi connectivity index (χ2v) is 5.01. The lowest BCUT2D eigenvalue weighted by Gasteiger charge is -2.12. The molecule has 2 aromatic carbocycles. The molecule has 0 fully saturated rings. The van der Waals surface area contributed by atoms with Crippen molar-refractivity contribution < 1.29 is 19.5 Å². The largest absolute Gasteiger partial charge is 0.497 e. The fourth-order valence-corrected chi connectivity index (χ4v) is 2.10. The van der Waals surface area contributed by atoms with Crippen molar-refractivity contribution in [2.45, 2.75) is 20.5 Å². The van der Waals surface area contributed by atoms with Crippen molar-refractivity contribution in [3.05, 3.63) is 53.1 Å². The Morgan fingerprint density at radius 2 is 1.76 bits per heavy atom. The van der Waals surface area contributed by atoms with Crippen LogP contribution in [-0.2, 0) is 6.61 Å². The molecule has 0 aliphatic rings. The number of ether oxygens (including phenoxy) is 2. The summed E-state index contributed by atoms with van der Waals surface area (Å²) in [5, 5.41) is 18.7. The molecular weight excluding hydrogens is 267 g/mol. The summed E-state index contributed by atoms with van der Waals surface area (Å²) in [5.41, 5.74) is 3.38. The van der Waals surface area contributed by atoms with Crippen molar-refractivity contribution in [3.63, 3.8) is 0 Å². The summed E-state index contributed by atoms with van der Waals surface area (Å²) in [6, 6.07) is 11.3. The van der Waals surface area contributed by atoms with Gasteiger partial charge in [0.15, 0.2) is 0 Å². The quantitative estimate of drug-likeness (QED) is 0.819. The molecule has 2 N–H and O–H groups in total. The lowest BCUT2D eigenvalue weighted by molar-refractivity contribution is 0.303. The Morgan fingerprint density at radius 1 is 1.00 bits per heavy atom. The van der Waals surface area contributed by atoms with Gasteiger partial charge in [-0.15, -0.1) is 0 Å². The molecule has 0 aromatic heterocycles. The summed E-state index contributed by atoms with van der Waals surface area (Å²) in [6.07, 6.45) is 0. The standard InChI is InChI=1S/C16H19BO4/c1-11-4-5-12(2)16(8-11)21-10-13-6-7-15(20-3)14(9-13)17(18)19/h4-9,18-19H,10H2,1-3H3. The summed E-state index contributed by atoms with van der Waals surface area (Å²) in [7, 11) is -0.0753. The van der Waals surface area contributed by atoms with E-state index in [9.17, 15) is 10.0 Å². The lowest BCUT2D eigenvalue weighted by Crippen LogP contribution is -2.31. The van der Waals surface area contributed by atoms with E-state index in [1.54, 1.807) is 12.1 Å². The van der Waals surface area contributed by atoms with Crippen molar-refractivity contribution in [2.75, 3.05) is 7.11 Å². The molecule has 0 amide bonds. The lowest BCUT2D eigenvalue weighted by atomic mass is 9.79. The van der Waals surface area contributed by atoms with E-state index in [2.05, 4.69) is 0 Å². The molecule has 110 valence electrons. The normalized spacial score (nSPS) is 10.3. The highest BCUT2D eigenvalue weighted by Gasteiger charge is 2.17. The number of benzene rings is 2. The van der Waals surface area contributed by atoms with Crippen molar-refractivity contribution >= 4 is 12.6 Å². The van der Waals surface area contributed by atoms with Gasteiger partial charge in [-0.1, -0.05) is 24.3 Å². The van der Waals surface area contributed by atoms with E-state index < -0.39 is 7.12 Å². The molecule has 0 atom stereocenters. The van der Waals surface area contributed by atoms with Crippen LogP contribution in [0.15, 0.2) is 36.4 Å². The molecule has 5 heteroatoms. The average Bonchev–Trinajstić information content (AvgIpc) is 2.47. The van der Waals surface area contributed by atoms with E-state index >= 15 is 0 Å². The van der Waals surface area contributed by atoms with E-state index in [-0.39, 0.29) is 0 Å². The summed E-state index contributed by atoms with van der Waals surface area (Å²) < 4.78 is 10.9. The Bertz CT molecular complexity index is 626. The van der Waals surface area contributed by atoms with E-state index in [1.165, 1.54) is 7.11 Å². The molecule has 0 unspecified atom stereocenters. The Hall–Kier alpha value is -1.98. The van der Waals surface area contributed by atoms with Gasteiger partial charge in [0.1, 0.15) is 18.1 Å². The first-order valence-corrected chi connectivity index (χ1v) is 6.74. The fourth-order valence-electron chi connectivity index (χ4n) is 2.10. The van der Waals surface area contributed by atoms with Gasteiger partial charge in [0.2, 0.25) is 0 Å². The number of hydrogen-bond acceptors (Lipinski definition) is 4. The van der Waals surface area contributed by atoms with Crippen LogP contribution in [0.4, 0.5) is 0 Å². The summed E-state index contributed by atoms with van der Waals surface area (Å²) in [6.45, 7) is 4.36.